The Kier molecular flexibility index (Phi) is 2.52. The van der Waals surface area contributed by atoms with Crippen molar-refractivity contribution in [1.29, 1.82) is 0 Å². The number of alkyl halides is 1. The second kappa shape index (κ2) is 3.13. The van der Waals surface area contributed by atoms with Crippen LogP contribution in [0.25, 0.3) is 0 Å². The van der Waals surface area contributed by atoms with Crippen LogP contribution in [0.5, 0.6) is 0 Å². The molecule has 66 valence electrons. The van der Waals surface area contributed by atoms with Gasteiger partial charge in [-0.3, -0.25) is 0 Å². The summed E-state index contributed by atoms with van der Waals surface area (Å²) in [5, 5.41) is 0. The van der Waals surface area contributed by atoms with E-state index in [2.05, 4.69) is 15.9 Å². The van der Waals surface area contributed by atoms with Crippen LogP contribution in [0.2, 0.25) is 0 Å². The third-order valence-corrected chi connectivity index (χ3v) is 2.26. The molecule has 0 aliphatic carbocycles. The molecule has 12 heavy (non-hydrogen) atoms. The highest BCUT2D eigenvalue weighted by atomic mass is 79.9. The number of benzene rings is 1. The van der Waals surface area contributed by atoms with Gasteiger partial charge in [0.15, 0.2) is 0 Å². The van der Waals surface area contributed by atoms with E-state index >= 15 is 0 Å². The normalized spacial score (nSPS) is 11.8. The first-order valence-corrected chi connectivity index (χ1v) is 4.35. The average molecular weight is 235 g/mol. The molecule has 0 fully saturated rings. The zero-order valence-electron chi connectivity index (χ0n) is 6.87. The molecule has 0 amide bonds. The number of hydrogen-bond acceptors (Lipinski definition) is 0. The van der Waals surface area contributed by atoms with Crippen LogP contribution in [-0.4, -0.2) is 0 Å². The van der Waals surface area contributed by atoms with Gasteiger partial charge in [0.2, 0.25) is 0 Å². The molecule has 1 aromatic carbocycles. The molecule has 0 spiro atoms. The highest BCUT2D eigenvalue weighted by Crippen LogP contribution is 2.31. The van der Waals surface area contributed by atoms with E-state index in [4.69, 9.17) is 0 Å². The molecule has 0 aliphatic heterocycles. The van der Waals surface area contributed by atoms with Crippen LogP contribution in [0.3, 0.4) is 0 Å². The van der Waals surface area contributed by atoms with Crippen molar-refractivity contribution >= 4 is 15.9 Å². The highest BCUT2D eigenvalue weighted by Gasteiger charge is 2.21. The molecule has 1 aromatic rings. The van der Waals surface area contributed by atoms with Crippen molar-refractivity contribution in [3.05, 3.63) is 34.1 Å². The summed E-state index contributed by atoms with van der Waals surface area (Å²) < 4.78 is 26.6. The molecular weight excluding hydrogens is 226 g/mol. The third kappa shape index (κ3) is 2.03. The maximum Gasteiger partial charge on any atom is 0.131 e. The predicted molar refractivity (Wildman–Crippen MR) is 48.2 cm³/mol. The lowest BCUT2D eigenvalue weighted by Gasteiger charge is -2.16. The maximum absolute atomic E-state index is 13.4. The number of halogens is 3. The largest absolute Gasteiger partial charge is 0.239 e. The van der Waals surface area contributed by atoms with Crippen LogP contribution >= 0.6 is 15.9 Å². The Bertz CT molecular complexity index is 289. The standard InChI is InChI=1S/C9H9BrF2/c1-9(2,12)7-5-6(11)3-4-8(7)10/h3-5H,1-2H3. The van der Waals surface area contributed by atoms with E-state index in [9.17, 15) is 8.78 Å². The van der Waals surface area contributed by atoms with Crippen molar-refractivity contribution in [2.24, 2.45) is 0 Å². The molecule has 0 bridgehead atoms. The summed E-state index contributed by atoms with van der Waals surface area (Å²) in [7, 11) is 0. The second-order valence-electron chi connectivity index (χ2n) is 3.10. The molecule has 1 rings (SSSR count). The summed E-state index contributed by atoms with van der Waals surface area (Å²) in [6.07, 6.45) is 0. The van der Waals surface area contributed by atoms with Gasteiger partial charge in [-0.2, -0.15) is 0 Å². The third-order valence-electron chi connectivity index (χ3n) is 1.57. The minimum Gasteiger partial charge on any atom is -0.239 e. The van der Waals surface area contributed by atoms with Crippen molar-refractivity contribution in [3.8, 4) is 0 Å². The lowest BCUT2D eigenvalue weighted by Crippen LogP contribution is -2.10. The summed E-state index contributed by atoms with van der Waals surface area (Å²) in [6.45, 7) is 2.79. The van der Waals surface area contributed by atoms with E-state index in [1.165, 1.54) is 32.0 Å². The minimum absolute atomic E-state index is 0.336. The molecule has 0 radical (unpaired) electrons. The average Bonchev–Trinajstić information content (AvgIpc) is 1.92. The fourth-order valence-corrected chi connectivity index (χ4v) is 1.67. The van der Waals surface area contributed by atoms with Gasteiger partial charge in [0.05, 0.1) is 0 Å². The number of rotatable bonds is 1. The Hall–Kier alpha value is -0.440. The van der Waals surface area contributed by atoms with Crippen LogP contribution in [0.15, 0.2) is 22.7 Å². The number of hydrogen-bond donors (Lipinski definition) is 0. The Labute approximate surface area is 78.7 Å². The van der Waals surface area contributed by atoms with Gasteiger partial charge in [0.25, 0.3) is 0 Å². The van der Waals surface area contributed by atoms with Crippen molar-refractivity contribution in [1.82, 2.24) is 0 Å². The van der Waals surface area contributed by atoms with Crippen LogP contribution in [0.4, 0.5) is 8.78 Å². The fraction of sp³-hybridized carbons (Fsp3) is 0.333. The van der Waals surface area contributed by atoms with Gasteiger partial charge >= 0.3 is 0 Å². The first-order valence-electron chi connectivity index (χ1n) is 3.55. The molecule has 0 nitrogen and oxygen atoms in total. The quantitative estimate of drug-likeness (QED) is 0.694. The first-order chi connectivity index (χ1) is 5.41. The van der Waals surface area contributed by atoms with Gasteiger partial charge < -0.3 is 0 Å². The summed E-state index contributed by atoms with van der Waals surface area (Å²) in [5.41, 5.74) is -1.18. The smallest absolute Gasteiger partial charge is 0.131 e. The van der Waals surface area contributed by atoms with Crippen LogP contribution in [0.1, 0.15) is 19.4 Å². The monoisotopic (exact) mass is 234 g/mol. The molecule has 0 N–H and O–H groups in total. The van der Waals surface area contributed by atoms with Gasteiger partial charge in [0, 0.05) is 10.0 Å². The molecule has 0 saturated carbocycles. The van der Waals surface area contributed by atoms with Crippen LogP contribution < -0.4 is 0 Å². The SMILES string of the molecule is CC(C)(F)c1cc(F)ccc1Br. The predicted octanol–water partition coefficient (Wildman–Crippen LogP) is 3.79. The van der Waals surface area contributed by atoms with Gasteiger partial charge in [-0.25, -0.2) is 8.78 Å². The van der Waals surface area contributed by atoms with E-state index in [1.54, 1.807) is 0 Å². The Balaban J connectivity index is 3.23. The zero-order valence-corrected chi connectivity index (χ0v) is 8.45. The van der Waals surface area contributed by atoms with E-state index < -0.39 is 11.5 Å². The second-order valence-corrected chi connectivity index (χ2v) is 3.95. The summed E-state index contributed by atoms with van der Waals surface area (Å²) in [6, 6.07) is 4.00. The lowest BCUT2D eigenvalue weighted by molar-refractivity contribution is 0.219. The van der Waals surface area contributed by atoms with Gasteiger partial charge in [-0.1, -0.05) is 15.9 Å². The molecular formula is C9H9BrF2. The zero-order chi connectivity index (χ0) is 9.35. The van der Waals surface area contributed by atoms with E-state index in [1.807, 2.05) is 0 Å². The first kappa shape index (κ1) is 9.65. The van der Waals surface area contributed by atoms with Gasteiger partial charge in [-0.15, -0.1) is 0 Å². The molecule has 0 saturated heterocycles. The van der Waals surface area contributed by atoms with Crippen molar-refractivity contribution in [3.63, 3.8) is 0 Å². The minimum atomic E-state index is -1.51. The topological polar surface area (TPSA) is 0 Å². The van der Waals surface area contributed by atoms with Crippen LogP contribution in [-0.2, 0) is 5.67 Å². The fourth-order valence-electron chi connectivity index (χ4n) is 0.953. The molecule has 0 aliphatic rings. The molecule has 3 heteroatoms. The van der Waals surface area contributed by atoms with Crippen LogP contribution in [0, 0.1) is 5.82 Å². The lowest BCUT2D eigenvalue weighted by atomic mass is 10.0. The van der Waals surface area contributed by atoms with E-state index in [-0.39, 0.29) is 0 Å². The van der Waals surface area contributed by atoms with Crippen molar-refractivity contribution in [2.45, 2.75) is 19.5 Å². The summed E-state index contributed by atoms with van der Waals surface area (Å²) in [4.78, 5) is 0. The Morgan fingerprint density at radius 2 is 1.92 bits per heavy atom. The van der Waals surface area contributed by atoms with Crippen molar-refractivity contribution < 1.29 is 8.78 Å². The van der Waals surface area contributed by atoms with Crippen molar-refractivity contribution in [2.75, 3.05) is 0 Å². The Morgan fingerprint density at radius 1 is 1.33 bits per heavy atom. The molecule has 0 atom stereocenters. The highest BCUT2D eigenvalue weighted by molar-refractivity contribution is 9.10. The summed E-state index contributed by atoms with van der Waals surface area (Å²) in [5.74, 6) is -0.418. The molecule has 0 unspecified atom stereocenters. The van der Waals surface area contributed by atoms with E-state index in [0.29, 0.717) is 10.0 Å². The summed E-state index contributed by atoms with van der Waals surface area (Å²) >= 11 is 3.16. The van der Waals surface area contributed by atoms with E-state index in [0.717, 1.165) is 0 Å². The van der Waals surface area contributed by atoms with Gasteiger partial charge in [0.1, 0.15) is 11.5 Å². The Morgan fingerprint density at radius 3 is 2.33 bits per heavy atom. The van der Waals surface area contributed by atoms with Gasteiger partial charge in [-0.05, 0) is 32.0 Å². The maximum atomic E-state index is 13.4. The molecule has 0 heterocycles. The molecule has 0 aromatic heterocycles.